The van der Waals surface area contributed by atoms with Gasteiger partial charge in [-0.2, -0.15) is 0 Å². The minimum atomic E-state index is 0.915. The Kier molecular flexibility index (Phi) is 4.75. The maximum Gasteiger partial charge on any atom is 0.136 e. The lowest BCUT2D eigenvalue weighted by molar-refractivity contribution is 0.669. The van der Waals surface area contributed by atoms with Gasteiger partial charge in [-0.15, -0.1) is 0 Å². The second kappa shape index (κ2) is 8.82. The third kappa shape index (κ3) is 3.25. The van der Waals surface area contributed by atoms with Crippen molar-refractivity contribution < 1.29 is 4.42 Å². The summed E-state index contributed by atoms with van der Waals surface area (Å²) in [5.41, 5.74) is 7.82. The Morgan fingerprint density at radius 3 is 2.02 bits per heavy atom. The van der Waals surface area contributed by atoms with Gasteiger partial charge in [0, 0.05) is 27.2 Å². The van der Waals surface area contributed by atoms with E-state index in [0.29, 0.717) is 0 Å². The fraction of sp³-hybridized carbons (Fsp3) is 0. The lowest BCUT2D eigenvalue weighted by Gasteiger charge is -2.15. The molecule has 2 aromatic heterocycles. The lowest BCUT2D eigenvalue weighted by Crippen LogP contribution is -1.93. The van der Waals surface area contributed by atoms with Crippen LogP contribution in [0.4, 0.5) is 0 Å². The van der Waals surface area contributed by atoms with E-state index in [-0.39, 0.29) is 0 Å². The smallest absolute Gasteiger partial charge is 0.136 e. The molecular formula is C42H25NO. The van der Waals surface area contributed by atoms with Crippen molar-refractivity contribution in [2.75, 3.05) is 0 Å². The van der Waals surface area contributed by atoms with Crippen LogP contribution in [0.3, 0.4) is 0 Å². The van der Waals surface area contributed by atoms with Crippen molar-refractivity contribution in [1.82, 2.24) is 4.57 Å². The van der Waals surface area contributed by atoms with Crippen molar-refractivity contribution in [2.45, 2.75) is 0 Å². The molecule has 0 saturated carbocycles. The number of nitrogens with zero attached hydrogens (tertiary/aromatic N) is 1. The van der Waals surface area contributed by atoms with Crippen LogP contribution in [0.1, 0.15) is 0 Å². The van der Waals surface area contributed by atoms with Crippen molar-refractivity contribution in [3.63, 3.8) is 0 Å². The van der Waals surface area contributed by atoms with Crippen molar-refractivity contribution in [1.29, 1.82) is 0 Å². The summed E-state index contributed by atoms with van der Waals surface area (Å²) in [4.78, 5) is 0. The lowest BCUT2D eigenvalue weighted by atomic mass is 9.89. The molecule has 0 N–H and O–H groups in total. The molecule has 0 fully saturated rings. The number of furan rings is 1. The Morgan fingerprint density at radius 1 is 0.386 bits per heavy atom. The standard InChI is InChI=1S/C42H25NO/c1-2-11-29(12-3-1)43-38-16-8-6-14-31(38)37-23-28-22-36(27-19-20-33-32-15-7-9-17-40(32)44-41(33)24-27)42-30-13-5-4-10-26(30)18-21-34(42)35(28)25-39(37)43/h1-25H. The van der Waals surface area contributed by atoms with Gasteiger partial charge < -0.3 is 8.98 Å². The molecule has 44 heavy (non-hydrogen) atoms. The highest BCUT2D eigenvalue weighted by molar-refractivity contribution is 6.26. The number of fused-ring (bicyclic) bond motifs is 11. The van der Waals surface area contributed by atoms with E-state index >= 15 is 0 Å². The largest absolute Gasteiger partial charge is 0.456 e. The van der Waals surface area contributed by atoms with Crippen LogP contribution in [0.25, 0.3) is 92.9 Å². The fourth-order valence-electron chi connectivity index (χ4n) is 7.37. The van der Waals surface area contributed by atoms with Crippen LogP contribution in [0.2, 0.25) is 0 Å². The zero-order chi connectivity index (χ0) is 28.8. The van der Waals surface area contributed by atoms with E-state index in [9.17, 15) is 0 Å². The number of hydrogen-bond donors (Lipinski definition) is 0. The maximum atomic E-state index is 6.35. The zero-order valence-electron chi connectivity index (χ0n) is 23.8. The van der Waals surface area contributed by atoms with Crippen molar-refractivity contribution >= 4 is 76.1 Å². The predicted molar refractivity (Wildman–Crippen MR) is 186 cm³/mol. The molecule has 0 bridgehead atoms. The van der Waals surface area contributed by atoms with Crippen LogP contribution in [0, 0.1) is 0 Å². The Hall–Kier alpha value is -5.86. The van der Waals surface area contributed by atoms with Crippen LogP contribution in [-0.4, -0.2) is 4.57 Å². The summed E-state index contributed by atoms with van der Waals surface area (Å²) in [6.45, 7) is 0. The summed E-state index contributed by atoms with van der Waals surface area (Å²) in [7, 11) is 0. The molecule has 2 nitrogen and oxygen atoms in total. The second-order valence-corrected chi connectivity index (χ2v) is 11.7. The SMILES string of the molecule is c1ccc(-n2c3ccccc3c3cc4cc(-c5ccc6c(c5)oc5ccccc56)c5c6ccccc6ccc5c4cc32)cc1. The molecule has 0 atom stereocenters. The molecule has 10 aromatic rings. The Balaban J connectivity index is 1.36. The van der Waals surface area contributed by atoms with Gasteiger partial charge in [-0.1, -0.05) is 97.1 Å². The summed E-state index contributed by atoms with van der Waals surface area (Å²) >= 11 is 0. The van der Waals surface area contributed by atoms with E-state index in [2.05, 4.69) is 144 Å². The first kappa shape index (κ1) is 23.7. The normalized spacial score (nSPS) is 12.1. The number of para-hydroxylation sites is 3. The maximum absolute atomic E-state index is 6.35. The predicted octanol–water partition coefficient (Wildman–Crippen LogP) is 11.8. The minimum absolute atomic E-state index is 0.915. The number of aromatic nitrogens is 1. The first-order valence-corrected chi connectivity index (χ1v) is 15.1. The van der Waals surface area contributed by atoms with Crippen molar-refractivity contribution in [3.8, 4) is 16.8 Å². The summed E-state index contributed by atoms with van der Waals surface area (Å²) in [5.74, 6) is 0. The topological polar surface area (TPSA) is 18.1 Å². The van der Waals surface area contributed by atoms with Gasteiger partial charge >= 0.3 is 0 Å². The van der Waals surface area contributed by atoms with Gasteiger partial charge in [-0.05, 0) is 98.0 Å². The Morgan fingerprint density at radius 2 is 1.11 bits per heavy atom. The van der Waals surface area contributed by atoms with Gasteiger partial charge in [-0.3, -0.25) is 0 Å². The van der Waals surface area contributed by atoms with Crippen LogP contribution in [0.15, 0.2) is 156 Å². The molecule has 10 rings (SSSR count). The van der Waals surface area contributed by atoms with E-state index in [1.807, 2.05) is 12.1 Å². The number of rotatable bonds is 2. The highest BCUT2D eigenvalue weighted by atomic mass is 16.3. The summed E-state index contributed by atoms with van der Waals surface area (Å²) in [6.07, 6.45) is 0. The van der Waals surface area contributed by atoms with Crippen LogP contribution < -0.4 is 0 Å². The Labute approximate surface area is 253 Å². The van der Waals surface area contributed by atoms with Gasteiger partial charge in [0.05, 0.1) is 11.0 Å². The van der Waals surface area contributed by atoms with Crippen molar-refractivity contribution in [2.24, 2.45) is 0 Å². The van der Waals surface area contributed by atoms with Crippen molar-refractivity contribution in [3.05, 3.63) is 152 Å². The zero-order valence-corrected chi connectivity index (χ0v) is 23.8. The summed E-state index contributed by atoms with van der Waals surface area (Å²) in [5, 5.41) is 12.3. The average Bonchev–Trinajstić information content (AvgIpc) is 3.62. The molecule has 0 unspecified atom stereocenters. The summed E-state index contributed by atoms with van der Waals surface area (Å²) in [6, 6.07) is 54.9. The van der Waals surface area contributed by atoms with E-state index in [4.69, 9.17) is 4.42 Å². The van der Waals surface area contributed by atoms with Crippen LogP contribution in [0.5, 0.6) is 0 Å². The van der Waals surface area contributed by atoms with E-state index in [1.165, 1.54) is 65.4 Å². The van der Waals surface area contributed by atoms with Gasteiger partial charge in [-0.25, -0.2) is 0 Å². The van der Waals surface area contributed by atoms with E-state index in [1.54, 1.807) is 0 Å². The summed E-state index contributed by atoms with van der Waals surface area (Å²) < 4.78 is 8.75. The molecule has 2 heteroatoms. The fourth-order valence-corrected chi connectivity index (χ4v) is 7.37. The molecule has 0 saturated heterocycles. The number of benzene rings is 8. The number of hydrogen-bond acceptors (Lipinski definition) is 1. The monoisotopic (exact) mass is 559 g/mol. The van der Waals surface area contributed by atoms with Crippen LogP contribution in [-0.2, 0) is 0 Å². The van der Waals surface area contributed by atoms with E-state index < -0.39 is 0 Å². The molecule has 8 aromatic carbocycles. The highest BCUT2D eigenvalue weighted by Gasteiger charge is 2.18. The van der Waals surface area contributed by atoms with Gasteiger partial charge in [0.1, 0.15) is 11.2 Å². The third-order valence-electron chi connectivity index (χ3n) is 9.34. The quantitative estimate of drug-likeness (QED) is 0.193. The molecular weight excluding hydrogens is 534 g/mol. The molecule has 0 radical (unpaired) electrons. The molecule has 0 amide bonds. The molecule has 0 aliphatic rings. The second-order valence-electron chi connectivity index (χ2n) is 11.7. The molecule has 0 spiro atoms. The molecule has 204 valence electrons. The Bertz CT molecular complexity index is 2760. The van der Waals surface area contributed by atoms with Gasteiger partial charge in [0.15, 0.2) is 0 Å². The van der Waals surface area contributed by atoms with Crippen LogP contribution >= 0.6 is 0 Å². The van der Waals surface area contributed by atoms with Gasteiger partial charge in [0.25, 0.3) is 0 Å². The molecule has 0 aliphatic heterocycles. The van der Waals surface area contributed by atoms with Gasteiger partial charge in [0.2, 0.25) is 0 Å². The minimum Gasteiger partial charge on any atom is -0.456 e. The first-order valence-electron chi connectivity index (χ1n) is 15.1. The molecule has 2 heterocycles. The molecule has 0 aliphatic carbocycles. The average molecular weight is 560 g/mol. The third-order valence-corrected chi connectivity index (χ3v) is 9.34. The first-order chi connectivity index (χ1) is 21.8. The van der Waals surface area contributed by atoms with E-state index in [0.717, 1.165) is 27.5 Å². The highest BCUT2D eigenvalue weighted by Crippen LogP contribution is 2.43.